The summed E-state index contributed by atoms with van der Waals surface area (Å²) >= 11 is 16.3. The zero-order chi connectivity index (χ0) is 17.9. The molecule has 0 aliphatic heterocycles. The molecule has 4 rings (SSSR count). The number of H-pyrrole nitrogens is 1. The number of hydrogen-bond acceptors (Lipinski definition) is 4. The molecule has 0 aliphatic carbocycles. The molecule has 2 aromatic heterocycles. The Labute approximate surface area is 170 Å². The summed E-state index contributed by atoms with van der Waals surface area (Å²) in [4.78, 5) is 19.7. The van der Waals surface area contributed by atoms with Gasteiger partial charge in [0.05, 0.1) is 21.4 Å². The molecule has 2 N–H and O–H groups in total. The number of benzene rings is 2. The van der Waals surface area contributed by atoms with Gasteiger partial charge in [-0.2, -0.15) is 0 Å². The van der Waals surface area contributed by atoms with Crippen LogP contribution in [0.15, 0.2) is 46.9 Å². The van der Waals surface area contributed by atoms with Gasteiger partial charge in [-0.3, -0.25) is 0 Å². The van der Waals surface area contributed by atoms with E-state index in [1.54, 1.807) is 24.3 Å². The van der Waals surface area contributed by atoms with Crippen LogP contribution in [0.5, 0.6) is 5.75 Å². The Morgan fingerprint density at radius 1 is 1.08 bits per heavy atom. The van der Waals surface area contributed by atoms with Crippen molar-refractivity contribution >= 4 is 81.2 Å². The summed E-state index contributed by atoms with van der Waals surface area (Å²) in [7, 11) is 0. The van der Waals surface area contributed by atoms with E-state index >= 15 is 0 Å². The van der Waals surface area contributed by atoms with Gasteiger partial charge in [-0.05, 0) is 40.2 Å². The third-order valence-electron chi connectivity index (χ3n) is 3.66. The molecule has 0 bridgehead atoms. The van der Waals surface area contributed by atoms with Crippen LogP contribution >= 0.6 is 59.4 Å². The SMILES string of the molecule is O=c1oc(-c2[nH]c3c(Cl)cc(Br)cc3c2O)nc2c(Br)cc(Br)cc12. The number of nitrogens with one attached hydrogen (secondary N) is 1. The topological polar surface area (TPSA) is 79.1 Å². The van der Waals surface area contributed by atoms with Crippen molar-refractivity contribution in [1.82, 2.24) is 9.97 Å². The van der Waals surface area contributed by atoms with Crippen LogP contribution in [0.1, 0.15) is 0 Å². The van der Waals surface area contributed by atoms with Gasteiger partial charge in [0.1, 0.15) is 5.69 Å². The van der Waals surface area contributed by atoms with Crippen LogP contribution in [0.25, 0.3) is 33.4 Å². The van der Waals surface area contributed by atoms with Crippen molar-refractivity contribution in [2.24, 2.45) is 0 Å². The first-order valence-electron chi connectivity index (χ1n) is 6.85. The molecule has 0 unspecified atom stereocenters. The molecule has 0 aliphatic rings. The fourth-order valence-electron chi connectivity index (χ4n) is 2.57. The van der Waals surface area contributed by atoms with Crippen molar-refractivity contribution in [3.63, 3.8) is 0 Å². The van der Waals surface area contributed by atoms with E-state index < -0.39 is 5.63 Å². The molecule has 25 heavy (non-hydrogen) atoms. The summed E-state index contributed by atoms with van der Waals surface area (Å²) in [5.41, 5.74) is 0.577. The van der Waals surface area contributed by atoms with Crippen LogP contribution in [0.3, 0.4) is 0 Å². The third kappa shape index (κ3) is 2.81. The van der Waals surface area contributed by atoms with Gasteiger partial charge in [-0.1, -0.05) is 43.5 Å². The van der Waals surface area contributed by atoms with Crippen molar-refractivity contribution in [2.75, 3.05) is 0 Å². The molecule has 0 spiro atoms. The Hall–Kier alpha value is -1.35. The van der Waals surface area contributed by atoms with E-state index in [0.717, 1.165) is 4.47 Å². The second kappa shape index (κ2) is 6.12. The molecule has 126 valence electrons. The average molecular weight is 549 g/mol. The molecular formula is C16H6Br3ClN2O3. The average Bonchev–Trinajstić information content (AvgIpc) is 2.86. The lowest BCUT2D eigenvalue weighted by atomic mass is 10.2. The number of nitrogens with zero attached hydrogens (tertiary/aromatic N) is 1. The number of fused-ring (bicyclic) bond motifs is 2. The highest BCUT2D eigenvalue weighted by Gasteiger charge is 2.20. The van der Waals surface area contributed by atoms with Crippen molar-refractivity contribution in [3.8, 4) is 17.3 Å². The van der Waals surface area contributed by atoms with Gasteiger partial charge in [-0.15, -0.1) is 0 Å². The first-order chi connectivity index (χ1) is 11.8. The molecule has 0 amide bonds. The summed E-state index contributed by atoms with van der Waals surface area (Å²) < 4.78 is 7.38. The maximum absolute atomic E-state index is 12.3. The van der Waals surface area contributed by atoms with Gasteiger partial charge in [0.25, 0.3) is 5.89 Å². The van der Waals surface area contributed by atoms with Crippen LogP contribution in [-0.4, -0.2) is 15.1 Å². The van der Waals surface area contributed by atoms with E-state index in [9.17, 15) is 9.90 Å². The Morgan fingerprint density at radius 2 is 1.76 bits per heavy atom. The maximum atomic E-state index is 12.3. The summed E-state index contributed by atoms with van der Waals surface area (Å²) in [5, 5.41) is 11.8. The zero-order valence-corrected chi connectivity index (χ0v) is 17.5. The molecule has 0 atom stereocenters. The summed E-state index contributed by atoms with van der Waals surface area (Å²) in [5.74, 6) is -0.122. The van der Waals surface area contributed by atoms with Gasteiger partial charge >= 0.3 is 5.63 Å². The van der Waals surface area contributed by atoms with Crippen LogP contribution in [-0.2, 0) is 0 Å². The van der Waals surface area contributed by atoms with Gasteiger partial charge in [0.15, 0.2) is 5.75 Å². The quantitative estimate of drug-likeness (QED) is 0.306. The van der Waals surface area contributed by atoms with E-state index in [-0.39, 0.29) is 17.3 Å². The van der Waals surface area contributed by atoms with Gasteiger partial charge in [0.2, 0.25) is 0 Å². The lowest BCUT2D eigenvalue weighted by Crippen LogP contribution is -2.03. The third-order valence-corrected chi connectivity index (χ3v) is 5.48. The second-order valence-electron chi connectivity index (χ2n) is 5.25. The Morgan fingerprint density at radius 3 is 2.52 bits per heavy atom. The standard InChI is InChI=1S/C16H6Br3ClN2O3/c17-5-2-8-11(9(19)3-5)22-15(25-16(8)24)13-14(23)7-1-6(18)4-10(20)12(7)21-13/h1-4,21,23H. The highest BCUT2D eigenvalue weighted by Crippen LogP contribution is 2.40. The van der Waals surface area contributed by atoms with Crippen molar-refractivity contribution in [1.29, 1.82) is 0 Å². The number of aromatic amines is 1. The van der Waals surface area contributed by atoms with E-state index in [4.69, 9.17) is 16.0 Å². The monoisotopic (exact) mass is 546 g/mol. The van der Waals surface area contributed by atoms with E-state index in [2.05, 4.69) is 57.8 Å². The molecule has 0 fully saturated rings. The van der Waals surface area contributed by atoms with E-state index in [1.165, 1.54) is 0 Å². The van der Waals surface area contributed by atoms with Gasteiger partial charge < -0.3 is 14.5 Å². The maximum Gasteiger partial charge on any atom is 0.347 e. The summed E-state index contributed by atoms with van der Waals surface area (Å²) in [6, 6.07) is 6.81. The molecule has 2 heterocycles. The molecule has 5 nitrogen and oxygen atoms in total. The normalized spacial score (nSPS) is 11.5. The Kier molecular flexibility index (Phi) is 4.18. The minimum Gasteiger partial charge on any atom is -0.505 e. The number of halogens is 4. The Balaban J connectivity index is 2.05. The minimum absolute atomic E-state index is 0.0265. The lowest BCUT2D eigenvalue weighted by Gasteiger charge is -2.03. The molecule has 0 saturated heterocycles. The lowest BCUT2D eigenvalue weighted by molar-refractivity contribution is 0.472. The van der Waals surface area contributed by atoms with Crippen molar-refractivity contribution in [3.05, 3.63) is 53.1 Å². The number of aromatic hydroxyl groups is 1. The van der Waals surface area contributed by atoms with Crippen LogP contribution in [0.4, 0.5) is 0 Å². The van der Waals surface area contributed by atoms with Gasteiger partial charge in [-0.25, -0.2) is 9.78 Å². The fraction of sp³-hybridized carbons (Fsp3) is 0. The summed E-state index contributed by atoms with van der Waals surface area (Å²) in [6.07, 6.45) is 0. The minimum atomic E-state index is -0.563. The first-order valence-corrected chi connectivity index (χ1v) is 9.61. The van der Waals surface area contributed by atoms with Crippen LogP contribution in [0.2, 0.25) is 5.02 Å². The summed E-state index contributed by atoms with van der Waals surface area (Å²) in [6.45, 7) is 0. The van der Waals surface area contributed by atoms with Gasteiger partial charge in [0, 0.05) is 18.8 Å². The molecule has 0 saturated carbocycles. The van der Waals surface area contributed by atoms with E-state index in [1.807, 2.05) is 0 Å². The highest BCUT2D eigenvalue weighted by molar-refractivity contribution is 9.11. The van der Waals surface area contributed by atoms with Crippen LogP contribution < -0.4 is 5.63 Å². The number of hydrogen-bond donors (Lipinski definition) is 2. The molecule has 4 aromatic rings. The molecule has 2 aromatic carbocycles. The number of aromatic nitrogens is 2. The molecular weight excluding hydrogens is 543 g/mol. The Bertz CT molecular complexity index is 1230. The first kappa shape index (κ1) is 17.1. The van der Waals surface area contributed by atoms with Crippen molar-refractivity contribution in [2.45, 2.75) is 0 Å². The number of rotatable bonds is 1. The molecule has 0 radical (unpaired) electrons. The predicted octanol–water partition coefficient (Wildman–Crippen LogP) is 5.98. The largest absolute Gasteiger partial charge is 0.505 e. The fourth-order valence-corrected chi connectivity index (χ4v) is 4.74. The molecule has 9 heteroatoms. The van der Waals surface area contributed by atoms with Crippen molar-refractivity contribution < 1.29 is 9.52 Å². The zero-order valence-electron chi connectivity index (χ0n) is 12.0. The second-order valence-corrected chi connectivity index (χ2v) is 8.34. The smallest absolute Gasteiger partial charge is 0.347 e. The highest BCUT2D eigenvalue weighted by atomic mass is 79.9. The van der Waals surface area contributed by atoms with Crippen LogP contribution in [0, 0.1) is 0 Å². The predicted molar refractivity (Wildman–Crippen MR) is 107 cm³/mol. The van der Waals surface area contributed by atoms with E-state index in [0.29, 0.717) is 35.8 Å².